The smallest absolute Gasteiger partial charge is 0.122 e. The predicted octanol–water partition coefficient (Wildman–Crippen LogP) is 3.79. The summed E-state index contributed by atoms with van der Waals surface area (Å²) >= 11 is 0. The summed E-state index contributed by atoms with van der Waals surface area (Å²) in [5.41, 5.74) is 6.88. The lowest BCUT2D eigenvalue weighted by Crippen LogP contribution is -2.01. The summed E-state index contributed by atoms with van der Waals surface area (Å²) < 4.78 is 5.40. The first-order valence-electron chi connectivity index (χ1n) is 7.33. The van der Waals surface area contributed by atoms with Gasteiger partial charge in [-0.1, -0.05) is 23.8 Å². The first kappa shape index (κ1) is 15.4. The minimum absolute atomic E-state index is 0.133. The van der Waals surface area contributed by atoms with E-state index in [1.54, 1.807) is 13.2 Å². The first-order valence-corrected chi connectivity index (χ1v) is 7.33. The Balaban J connectivity index is 2.22. The van der Waals surface area contributed by atoms with Crippen molar-refractivity contribution >= 4 is 0 Å². The molecule has 112 valence electrons. The standard InChI is InChI=1S/C19H24O2/c1-12-8-14(3)18(20)10-16(12)6-7-17-11-19(21-5)15(4)9-13(17)2/h8-11,20H,6-7H2,1-5H3/p-1. The van der Waals surface area contributed by atoms with Crippen LogP contribution in [0.3, 0.4) is 0 Å². The largest absolute Gasteiger partial charge is 0.872 e. The molecule has 0 bridgehead atoms. The van der Waals surface area contributed by atoms with Crippen LogP contribution in [0.2, 0.25) is 0 Å². The number of hydrogen-bond donors (Lipinski definition) is 0. The highest BCUT2D eigenvalue weighted by molar-refractivity contribution is 5.43. The highest BCUT2D eigenvalue weighted by Crippen LogP contribution is 2.25. The monoisotopic (exact) mass is 283 g/mol. The topological polar surface area (TPSA) is 32.3 Å². The number of rotatable bonds is 4. The van der Waals surface area contributed by atoms with E-state index in [0.717, 1.165) is 35.3 Å². The molecule has 0 aliphatic heterocycles. The predicted molar refractivity (Wildman–Crippen MR) is 85.2 cm³/mol. The summed E-state index contributed by atoms with van der Waals surface area (Å²) in [5, 5.41) is 11.8. The molecule has 0 amide bonds. The molecule has 0 heterocycles. The van der Waals surface area contributed by atoms with Crippen LogP contribution in [0.1, 0.15) is 33.4 Å². The molecular weight excluding hydrogens is 260 g/mol. The minimum atomic E-state index is 0.133. The maximum atomic E-state index is 11.8. The lowest BCUT2D eigenvalue weighted by Gasteiger charge is -2.16. The lowest BCUT2D eigenvalue weighted by atomic mass is 9.95. The van der Waals surface area contributed by atoms with Crippen LogP contribution in [0.4, 0.5) is 0 Å². The fraction of sp³-hybridized carbons (Fsp3) is 0.368. The summed E-state index contributed by atoms with van der Waals surface area (Å²) in [7, 11) is 1.70. The molecule has 2 aromatic rings. The zero-order valence-corrected chi connectivity index (χ0v) is 13.5. The number of ether oxygens (including phenoxy) is 1. The SMILES string of the molecule is COc1cc(CCc2cc([O-])c(C)cc2C)c(C)cc1C. The number of hydrogen-bond acceptors (Lipinski definition) is 2. The molecule has 2 rings (SSSR count). The molecule has 2 nitrogen and oxygen atoms in total. The van der Waals surface area contributed by atoms with Crippen molar-refractivity contribution < 1.29 is 9.84 Å². The molecule has 0 spiro atoms. The van der Waals surface area contributed by atoms with Crippen molar-refractivity contribution in [3.63, 3.8) is 0 Å². The van der Waals surface area contributed by atoms with Crippen molar-refractivity contribution in [3.8, 4) is 11.5 Å². The lowest BCUT2D eigenvalue weighted by molar-refractivity contribution is -0.269. The van der Waals surface area contributed by atoms with Crippen LogP contribution >= 0.6 is 0 Å². The van der Waals surface area contributed by atoms with Crippen molar-refractivity contribution in [3.05, 3.63) is 57.6 Å². The Hall–Kier alpha value is -1.96. The van der Waals surface area contributed by atoms with Crippen LogP contribution in [0, 0.1) is 27.7 Å². The summed E-state index contributed by atoms with van der Waals surface area (Å²) in [6, 6.07) is 8.05. The van der Waals surface area contributed by atoms with E-state index in [2.05, 4.69) is 32.9 Å². The van der Waals surface area contributed by atoms with E-state index in [4.69, 9.17) is 4.74 Å². The molecule has 2 aromatic carbocycles. The first-order chi connectivity index (χ1) is 9.92. The van der Waals surface area contributed by atoms with Crippen LogP contribution in [-0.4, -0.2) is 7.11 Å². The molecule has 0 unspecified atom stereocenters. The molecule has 0 saturated heterocycles. The normalized spacial score (nSPS) is 10.7. The fourth-order valence-corrected chi connectivity index (χ4v) is 2.78. The maximum Gasteiger partial charge on any atom is 0.122 e. The van der Waals surface area contributed by atoms with Gasteiger partial charge in [0.2, 0.25) is 0 Å². The van der Waals surface area contributed by atoms with Gasteiger partial charge in [0.25, 0.3) is 0 Å². The number of benzene rings is 2. The van der Waals surface area contributed by atoms with Gasteiger partial charge in [0.1, 0.15) is 5.75 Å². The average Bonchev–Trinajstić information content (AvgIpc) is 2.43. The molecule has 0 aliphatic carbocycles. The molecule has 0 saturated carbocycles. The van der Waals surface area contributed by atoms with Crippen molar-refractivity contribution in [2.75, 3.05) is 7.11 Å². The van der Waals surface area contributed by atoms with Gasteiger partial charge in [-0.25, -0.2) is 0 Å². The Morgan fingerprint density at radius 3 is 1.86 bits per heavy atom. The molecule has 0 atom stereocenters. The van der Waals surface area contributed by atoms with Gasteiger partial charge in [0.15, 0.2) is 0 Å². The second-order valence-corrected chi connectivity index (χ2v) is 5.79. The van der Waals surface area contributed by atoms with Gasteiger partial charge in [-0.3, -0.25) is 0 Å². The Labute approximate surface area is 127 Å². The van der Waals surface area contributed by atoms with Crippen molar-refractivity contribution in [1.29, 1.82) is 0 Å². The zero-order chi connectivity index (χ0) is 15.6. The van der Waals surface area contributed by atoms with E-state index < -0.39 is 0 Å². The van der Waals surface area contributed by atoms with Gasteiger partial charge in [-0.15, -0.1) is 5.75 Å². The van der Waals surface area contributed by atoms with Gasteiger partial charge in [0, 0.05) is 0 Å². The van der Waals surface area contributed by atoms with E-state index in [-0.39, 0.29) is 5.75 Å². The van der Waals surface area contributed by atoms with Crippen molar-refractivity contribution in [2.45, 2.75) is 40.5 Å². The zero-order valence-electron chi connectivity index (χ0n) is 13.5. The molecular formula is C19H23O2-. The summed E-state index contributed by atoms with van der Waals surface area (Å²) in [6.45, 7) is 8.13. The molecule has 0 aliphatic rings. The summed E-state index contributed by atoms with van der Waals surface area (Å²) in [6.07, 6.45) is 1.81. The van der Waals surface area contributed by atoms with Crippen molar-refractivity contribution in [2.24, 2.45) is 0 Å². The van der Waals surface area contributed by atoms with E-state index in [9.17, 15) is 5.11 Å². The van der Waals surface area contributed by atoms with E-state index in [0.29, 0.717) is 0 Å². The quantitative estimate of drug-likeness (QED) is 0.855. The van der Waals surface area contributed by atoms with Gasteiger partial charge in [-0.2, -0.15) is 0 Å². The molecule has 0 fully saturated rings. The molecule has 2 heteroatoms. The third kappa shape index (κ3) is 3.38. The number of methoxy groups -OCH3 is 1. The van der Waals surface area contributed by atoms with E-state index >= 15 is 0 Å². The Kier molecular flexibility index (Phi) is 4.56. The van der Waals surface area contributed by atoms with Crippen LogP contribution in [0.15, 0.2) is 24.3 Å². The average molecular weight is 283 g/mol. The van der Waals surface area contributed by atoms with E-state index in [1.807, 2.05) is 13.0 Å². The fourth-order valence-electron chi connectivity index (χ4n) is 2.78. The van der Waals surface area contributed by atoms with Crippen LogP contribution in [0.25, 0.3) is 0 Å². The molecule has 0 radical (unpaired) electrons. The Bertz CT molecular complexity index is 657. The highest BCUT2D eigenvalue weighted by Gasteiger charge is 2.07. The molecule has 21 heavy (non-hydrogen) atoms. The Morgan fingerprint density at radius 2 is 1.29 bits per heavy atom. The highest BCUT2D eigenvalue weighted by atomic mass is 16.5. The third-order valence-corrected chi connectivity index (χ3v) is 4.15. The number of aryl methyl sites for hydroxylation is 6. The van der Waals surface area contributed by atoms with Gasteiger partial charge in [-0.05, 0) is 74.4 Å². The van der Waals surface area contributed by atoms with Crippen LogP contribution < -0.4 is 9.84 Å². The summed E-state index contributed by atoms with van der Waals surface area (Å²) in [5.74, 6) is 1.06. The summed E-state index contributed by atoms with van der Waals surface area (Å²) in [4.78, 5) is 0. The minimum Gasteiger partial charge on any atom is -0.872 e. The maximum absolute atomic E-state index is 11.8. The molecule has 0 N–H and O–H groups in total. The second-order valence-electron chi connectivity index (χ2n) is 5.79. The second kappa shape index (κ2) is 6.21. The van der Waals surface area contributed by atoms with E-state index in [1.165, 1.54) is 16.7 Å². The van der Waals surface area contributed by atoms with Crippen LogP contribution in [0.5, 0.6) is 11.5 Å². The Morgan fingerprint density at radius 1 is 0.762 bits per heavy atom. The van der Waals surface area contributed by atoms with Gasteiger partial charge >= 0.3 is 0 Å². The van der Waals surface area contributed by atoms with Crippen molar-refractivity contribution in [1.82, 2.24) is 0 Å². The van der Waals surface area contributed by atoms with Gasteiger partial charge < -0.3 is 9.84 Å². The van der Waals surface area contributed by atoms with Crippen LogP contribution in [-0.2, 0) is 12.8 Å². The van der Waals surface area contributed by atoms with Gasteiger partial charge in [0.05, 0.1) is 7.11 Å². The molecule has 0 aromatic heterocycles. The third-order valence-electron chi connectivity index (χ3n) is 4.15.